The minimum atomic E-state index is -3.07. The molecule has 0 spiro atoms. The van der Waals surface area contributed by atoms with Crippen molar-refractivity contribution in [3.8, 4) is 0 Å². The van der Waals surface area contributed by atoms with Gasteiger partial charge in [0.1, 0.15) is 5.82 Å². The van der Waals surface area contributed by atoms with Crippen molar-refractivity contribution in [1.82, 2.24) is 4.90 Å². The number of halogens is 2. The number of hydrogen-bond donors (Lipinski definition) is 0. The molecule has 0 bridgehead atoms. The van der Waals surface area contributed by atoms with Gasteiger partial charge < -0.3 is 4.90 Å². The summed E-state index contributed by atoms with van der Waals surface area (Å²) >= 11 is 3.16. The predicted molar refractivity (Wildman–Crippen MR) is 82.5 cm³/mol. The van der Waals surface area contributed by atoms with Gasteiger partial charge in [-0.05, 0) is 31.0 Å². The van der Waals surface area contributed by atoms with Gasteiger partial charge in [-0.15, -0.1) is 0 Å². The summed E-state index contributed by atoms with van der Waals surface area (Å²) in [7, 11) is -3.07. The van der Waals surface area contributed by atoms with E-state index in [9.17, 15) is 17.6 Å². The normalized spacial score (nSPS) is 20.4. The first-order valence-corrected chi connectivity index (χ1v) is 9.41. The van der Waals surface area contributed by atoms with Crippen LogP contribution in [0.1, 0.15) is 30.1 Å². The van der Waals surface area contributed by atoms with Crippen LogP contribution in [0.25, 0.3) is 0 Å². The molecule has 2 rings (SSSR count). The highest BCUT2D eigenvalue weighted by atomic mass is 79.9. The third-order valence-corrected chi connectivity index (χ3v) is 5.69. The van der Waals surface area contributed by atoms with E-state index in [4.69, 9.17) is 0 Å². The predicted octanol–water partition coefficient (Wildman–Crippen LogP) is 2.63. The molecule has 0 N–H and O–H groups in total. The monoisotopic (exact) mass is 377 g/mol. The molecule has 4 nitrogen and oxygen atoms in total. The zero-order valence-corrected chi connectivity index (χ0v) is 14.1. The van der Waals surface area contributed by atoms with Crippen molar-refractivity contribution < 1.29 is 17.6 Å². The fourth-order valence-corrected chi connectivity index (χ4v) is 4.75. The Hall–Kier alpha value is -0.950. The van der Waals surface area contributed by atoms with Crippen LogP contribution in [0, 0.1) is 5.82 Å². The highest BCUT2D eigenvalue weighted by Gasteiger charge is 2.34. The van der Waals surface area contributed by atoms with Gasteiger partial charge in [0.2, 0.25) is 0 Å². The fraction of sp³-hybridized carbons (Fsp3) is 0.500. The first kappa shape index (κ1) is 16.4. The van der Waals surface area contributed by atoms with E-state index < -0.39 is 15.7 Å². The second kappa shape index (κ2) is 6.44. The van der Waals surface area contributed by atoms with Crippen LogP contribution in [-0.2, 0) is 9.84 Å². The summed E-state index contributed by atoms with van der Waals surface area (Å²) in [4.78, 5) is 14.1. The van der Waals surface area contributed by atoms with Crippen LogP contribution in [-0.4, -0.2) is 43.3 Å². The van der Waals surface area contributed by atoms with E-state index in [-0.39, 0.29) is 29.0 Å². The molecule has 1 atom stereocenters. The Morgan fingerprint density at radius 1 is 1.43 bits per heavy atom. The summed E-state index contributed by atoms with van der Waals surface area (Å²) in [5, 5.41) is 0. The van der Waals surface area contributed by atoms with E-state index in [2.05, 4.69) is 15.9 Å². The summed E-state index contributed by atoms with van der Waals surface area (Å²) in [6.07, 6.45) is 1.17. The van der Waals surface area contributed by atoms with Crippen LogP contribution >= 0.6 is 15.9 Å². The number of hydrogen-bond acceptors (Lipinski definition) is 3. The van der Waals surface area contributed by atoms with Crippen LogP contribution in [0.15, 0.2) is 22.7 Å². The smallest absolute Gasteiger partial charge is 0.254 e. The largest absolute Gasteiger partial charge is 0.335 e. The molecular formula is C14H17BrFNO3S. The lowest BCUT2D eigenvalue weighted by Gasteiger charge is -2.28. The molecule has 0 aromatic heterocycles. The fourth-order valence-electron chi connectivity index (χ4n) is 2.56. The first-order valence-electron chi connectivity index (χ1n) is 6.80. The number of carbonyl (C=O) groups is 1. The van der Waals surface area contributed by atoms with Gasteiger partial charge in [0.25, 0.3) is 5.91 Å². The van der Waals surface area contributed by atoms with Gasteiger partial charge in [0.15, 0.2) is 9.84 Å². The Balaban J connectivity index is 2.27. The van der Waals surface area contributed by atoms with Crippen molar-refractivity contribution in [2.45, 2.75) is 25.8 Å². The maximum absolute atomic E-state index is 13.4. The Bertz CT molecular complexity index is 627. The summed E-state index contributed by atoms with van der Waals surface area (Å²) in [6.45, 7) is 2.39. The lowest BCUT2D eigenvalue weighted by Crippen LogP contribution is -2.41. The molecular weight excluding hydrogens is 361 g/mol. The standard InChI is InChI=1S/C14H17BrFNO3S/c1-2-4-17(13-3-5-21(19,20)9-13)14(18)10-6-11(15)8-12(16)7-10/h6-8,13H,2-5,9H2,1H3. The van der Waals surface area contributed by atoms with Crippen molar-refractivity contribution in [2.24, 2.45) is 0 Å². The van der Waals surface area contributed by atoms with Crippen molar-refractivity contribution >= 4 is 31.7 Å². The third-order valence-electron chi connectivity index (χ3n) is 3.48. The highest BCUT2D eigenvalue weighted by molar-refractivity contribution is 9.10. The molecule has 21 heavy (non-hydrogen) atoms. The van der Waals surface area contributed by atoms with E-state index >= 15 is 0 Å². The zero-order chi connectivity index (χ0) is 15.6. The molecule has 1 amide bonds. The minimum absolute atomic E-state index is 0.00474. The number of amides is 1. The molecule has 7 heteroatoms. The third kappa shape index (κ3) is 4.03. The number of carbonyl (C=O) groups excluding carboxylic acids is 1. The van der Waals surface area contributed by atoms with Gasteiger partial charge in [0, 0.05) is 22.6 Å². The number of benzene rings is 1. The summed E-state index contributed by atoms with van der Waals surface area (Å²) in [6, 6.07) is 3.70. The lowest BCUT2D eigenvalue weighted by atomic mass is 10.1. The molecule has 1 fully saturated rings. The molecule has 1 aromatic rings. The summed E-state index contributed by atoms with van der Waals surface area (Å²) in [5.74, 6) is -0.713. The van der Waals surface area contributed by atoms with Gasteiger partial charge in [-0.25, -0.2) is 12.8 Å². The SMILES string of the molecule is CCCN(C(=O)c1cc(F)cc(Br)c1)C1CCS(=O)(=O)C1. The minimum Gasteiger partial charge on any atom is -0.335 e. The van der Waals surface area contributed by atoms with Gasteiger partial charge in [-0.2, -0.15) is 0 Å². The molecule has 0 aliphatic carbocycles. The Morgan fingerprint density at radius 3 is 2.67 bits per heavy atom. The van der Waals surface area contributed by atoms with E-state index in [0.717, 1.165) is 6.42 Å². The average molecular weight is 378 g/mol. The van der Waals surface area contributed by atoms with E-state index in [1.54, 1.807) is 11.0 Å². The first-order chi connectivity index (χ1) is 9.82. The van der Waals surface area contributed by atoms with Crippen molar-refractivity contribution in [3.63, 3.8) is 0 Å². The number of rotatable bonds is 4. The van der Waals surface area contributed by atoms with Crippen molar-refractivity contribution in [2.75, 3.05) is 18.1 Å². The van der Waals surface area contributed by atoms with E-state index in [1.165, 1.54) is 12.1 Å². The van der Waals surface area contributed by atoms with Crippen molar-refractivity contribution in [3.05, 3.63) is 34.1 Å². The van der Waals surface area contributed by atoms with Crippen LogP contribution in [0.2, 0.25) is 0 Å². The Kier molecular flexibility index (Phi) is 5.03. The van der Waals surface area contributed by atoms with E-state index in [0.29, 0.717) is 17.4 Å². The molecule has 0 radical (unpaired) electrons. The Morgan fingerprint density at radius 2 is 2.14 bits per heavy atom. The van der Waals surface area contributed by atoms with Crippen molar-refractivity contribution in [1.29, 1.82) is 0 Å². The molecule has 1 aliphatic rings. The van der Waals surface area contributed by atoms with Crippen LogP contribution in [0.3, 0.4) is 0 Å². The van der Waals surface area contributed by atoms with Crippen LogP contribution in [0.5, 0.6) is 0 Å². The van der Waals surface area contributed by atoms with Crippen LogP contribution < -0.4 is 0 Å². The highest BCUT2D eigenvalue weighted by Crippen LogP contribution is 2.22. The van der Waals surface area contributed by atoms with Gasteiger partial charge in [-0.1, -0.05) is 22.9 Å². The summed E-state index contributed by atoms with van der Waals surface area (Å²) in [5.41, 5.74) is 0.236. The molecule has 1 unspecified atom stereocenters. The molecule has 1 heterocycles. The van der Waals surface area contributed by atoms with Gasteiger partial charge in [-0.3, -0.25) is 4.79 Å². The molecule has 0 saturated carbocycles. The van der Waals surface area contributed by atoms with Gasteiger partial charge >= 0.3 is 0 Å². The second-order valence-electron chi connectivity index (χ2n) is 5.21. The van der Waals surface area contributed by atoms with Gasteiger partial charge in [0.05, 0.1) is 11.5 Å². The molecule has 1 saturated heterocycles. The molecule has 116 valence electrons. The average Bonchev–Trinajstić information content (AvgIpc) is 2.74. The molecule has 1 aromatic carbocycles. The lowest BCUT2D eigenvalue weighted by molar-refractivity contribution is 0.0696. The topological polar surface area (TPSA) is 54.5 Å². The maximum Gasteiger partial charge on any atom is 0.254 e. The zero-order valence-electron chi connectivity index (χ0n) is 11.7. The number of sulfone groups is 1. The molecule has 1 aliphatic heterocycles. The van der Waals surface area contributed by atoms with Crippen LogP contribution in [0.4, 0.5) is 4.39 Å². The summed E-state index contributed by atoms with van der Waals surface area (Å²) < 4.78 is 37.2. The second-order valence-corrected chi connectivity index (χ2v) is 8.36. The Labute approximate surface area is 132 Å². The maximum atomic E-state index is 13.4. The number of nitrogens with zero attached hydrogens (tertiary/aromatic N) is 1. The van der Waals surface area contributed by atoms with E-state index in [1.807, 2.05) is 6.92 Å². The quantitative estimate of drug-likeness (QED) is 0.810.